The van der Waals surface area contributed by atoms with Crippen LogP contribution in [0.3, 0.4) is 0 Å². The Morgan fingerprint density at radius 3 is 0.664 bits per heavy atom. The van der Waals surface area contributed by atoms with E-state index in [9.17, 15) is 9.59 Å². The molecule has 4 aliphatic carbocycles. The lowest BCUT2D eigenvalue weighted by Gasteiger charge is -2.36. The smallest absolute Gasteiger partial charge is 0.160 e. The average molecular weight is 1610 g/mol. The summed E-state index contributed by atoms with van der Waals surface area (Å²) in [7, 11) is 0. The highest BCUT2D eigenvalue weighted by molar-refractivity contribution is 9.11. The molecule has 0 radical (unpaired) electrons. The first-order valence-corrected chi connectivity index (χ1v) is 40.6. The standard InChI is InChI=1S/C46H32F2O2S2.C44H30Br2F2S2.C4H8O/c1-25-5-13-29(14-6-25)45(30-15-7-26(2)8-16-30)35-21-33(23-49)51-43(35)37-39(45)41(47)38-40(42(37)48)46(31-17-9-27(3)10-18-31,32-19-11-28(4)12-20-32)36-22-34(24-50)52-44(36)38;1-23-5-13-27(14-6-23)43(28-15-7-24(2)8-16-28)31-21-33(45)49-41(31)35-37(43)39(47)36-38(40(35)48)44(29-17-9-25(3)10-18-29,30-19-11-26(4)12-20-30)32-22-34(46)50-42(32)36;1-2-4-5-3-1/h5-24H,1-4H3;5-22H,1-4H3;1-4H2. The number of hydrogen-bond acceptors (Lipinski definition) is 7. The zero-order valence-corrected chi connectivity index (χ0v) is 66.3. The van der Waals surface area contributed by atoms with Gasteiger partial charge < -0.3 is 4.74 Å². The molecule has 19 rings (SSSR count). The van der Waals surface area contributed by atoms with Gasteiger partial charge in [0.15, 0.2) is 12.6 Å². The van der Waals surface area contributed by atoms with Crippen LogP contribution >= 0.6 is 77.2 Å². The Morgan fingerprint density at radius 2 is 0.486 bits per heavy atom. The number of rotatable bonds is 10. The minimum atomic E-state index is -1.27. The van der Waals surface area contributed by atoms with Gasteiger partial charge in [0.1, 0.15) is 23.3 Å². The lowest BCUT2D eigenvalue weighted by Crippen LogP contribution is -2.32. The first kappa shape index (κ1) is 70.9. The molecule has 0 amide bonds. The molecule has 14 aromatic rings. The Balaban J connectivity index is 0.000000147. The van der Waals surface area contributed by atoms with Crippen molar-refractivity contribution in [3.63, 3.8) is 0 Å². The maximum atomic E-state index is 18.7. The van der Waals surface area contributed by atoms with Gasteiger partial charge in [-0.1, -0.05) is 239 Å². The van der Waals surface area contributed by atoms with E-state index in [-0.39, 0.29) is 33.9 Å². The molecule has 0 spiro atoms. The number of ether oxygens (including phenoxy) is 1. The van der Waals surface area contributed by atoms with Crippen molar-refractivity contribution in [3.05, 3.63) is 393 Å². The van der Waals surface area contributed by atoms with E-state index in [1.165, 1.54) is 58.2 Å². The second-order valence-corrected chi connectivity index (χ2v) is 36.1. The molecule has 13 heteroatoms. The summed E-state index contributed by atoms with van der Waals surface area (Å²) in [5.74, 6) is -1.78. The van der Waals surface area contributed by atoms with Crippen LogP contribution < -0.4 is 0 Å². The van der Waals surface area contributed by atoms with Crippen molar-refractivity contribution >= 4 is 89.8 Å². The molecule has 0 N–H and O–H groups in total. The van der Waals surface area contributed by atoms with Gasteiger partial charge >= 0.3 is 0 Å². The molecule has 3 nitrogen and oxygen atoms in total. The van der Waals surface area contributed by atoms with Gasteiger partial charge in [0.2, 0.25) is 0 Å². The van der Waals surface area contributed by atoms with Crippen molar-refractivity contribution in [2.75, 3.05) is 13.2 Å². The highest BCUT2D eigenvalue weighted by Gasteiger charge is 2.60. The Hall–Kier alpha value is -9.02. The number of thiophene rings is 4. The maximum Gasteiger partial charge on any atom is 0.160 e. The van der Waals surface area contributed by atoms with Crippen molar-refractivity contribution < 1.29 is 31.9 Å². The third-order valence-corrected chi connectivity index (χ3v) is 28.1. The van der Waals surface area contributed by atoms with Crippen molar-refractivity contribution in [3.8, 4) is 41.8 Å². The molecule has 4 aromatic heterocycles. The highest BCUT2D eigenvalue weighted by atomic mass is 79.9. The molecule has 0 atom stereocenters. The SMILES string of the molecule is C1CCOC1.Cc1ccc(C2(c3ccc(C)cc3)c3cc(Br)sc3-c3c(F)c4c(c(F)c32)-c2sc(Br)cc2C4(c2ccc(C)cc2)c2ccc(C)cc2)cc1.Cc1ccc(C2(c3ccc(C)cc3)c3cc(C=O)sc3-c3c(F)c4c(c(F)c32)-c2sc(C=O)cc2C4(c2ccc(C)cc2)c2ccc(C)cc2)cc1. The topological polar surface area (TPSA) is 43.4 Å². The number of fused-ring (bicyclic) bond motifs is 12. The third-order valence-electron chi connectivity index (χ3n) is 22.6. The quantitative estimate of drug-likeness (QED) is 0.101. The van der Waals surface area contributed by atoms with E-state index in [2.05, 4.69) is 169 Å². The fraction of sp³-hybridized carbons (Fsp3) is 0.170. The van der Waals surface area contributed by atoms with Gasteiger partial charge in [0, 0.05) is 77.2 Å². The first-order chi connectivity index (χ1) is 51.7. The minimum absolute atomic E-state index is 0.180. The Kier molecular flexibility index (Phi) is 17.9. The fourth-order valence-electron chi connectivity index (χ4n) is 17.7. The number of aldehydes is 2. The average Bonchev–Trinajstić information content (AvgIpc) is 1.50. The molecule has 107 heavy (non-hydrogen) atoms. The molecule has 1 saturated heterocycles. The van der Waals surface area contributed by atoms with Crippen LogP contribution in [0.15, 0.2) is 226 Å². The van der Waals surface area contributed by atoms with Crippen LogP contribution in [0.2, 0.25) is 0 Å². The Labute approximate surface area is 653 Å². The molecular weight excluding hydrogens is 1540 g/mol. The molecule has 1 aliphatic heterocycles. The van der Waals surface area contributed by atoms with Crippen molar-refractivity contribution in [2.24, 2.45) is 0 Å². The van der Waals surface area contributed by atoms with Crippen LogP contribution in [0, 0.1) is 78.7 Å². The molecule has 0 saturated carbocycles. The number of aryl methyl sites for hydroxylation is 8. The number of hydrogen-bond donors (Lipinski definition) is 0. The molecule has 1 fully saturated rings. The van der Waals surface area contributed by atoms with E-state index in [0.29, 0.717) is 52.9 Å². The molecule has 530 valence electrons. The van der Waals surface area contributed by atoms with Crippen LogP contribution in [-0.4, -0.2) is 25.8 Å². The second-order valence-electron chi connectivity index (χ2n) is 29.1. The largest absolute Gasteiger partial charge is 0.381 e. The molecular formula is C94H70Br2F4O3S4. The summed E-state index contributed by atoms with van der Waals surface area (Å²) in [6.07, 6.45) is 4.14. The normalized spacial score (nSPS) is 15.0. The first-order valence-electron chi connectivity index (χ1n) is 35.8. The van der Waals surface area contributed by atoms with Gasteiger partial charge in [-0.25, -0.2) is 17.6 Å². The summed E-state index contributed by atoms with van der Waals surface area (Å²) in [4.78, 5) is 28.4. The van der Waals surface area contributed by atoms with Crippen LogP contribution in [0.25, 0.3) is 41.8 Å². The van der Waals surface area contributed by atoms with Crippen molar-refractivity contribution in [1.29, 1.82) is 0 Å². The molecule has 0 bridgehead atoms. The monoisotopic (exact) mass is 1610 g/mol. The molecule has 10 aromatic carbocycles. The number of halogens is 6. The predicted octanol–water partition coefficient (Wildman–Crippen LogP) is 26.0. The van der Waals surface area contributed by atoms with E-state index in [1.807, 2.05) is 137 Å². The Bertz CT molecular complexity index is 5350. The number of carbonyl (C=O) groups excluding carboxylic acids is 2. The van der Waals surface area contributed by atoms with E-state index in [1.54, 1.807) is 0 Å². The third kappa shape index (κ3) is 10.5. The van der Waals surface area contributed by atoms with Gasteiger partial charge in [-0.3, -0.25) is 9.59 Å². The summed E-state index contributed by atoms with van der Waals surface area (Å²) in [6, 6.07) is 72.8. The zero-order valence-electron chi connectivity index (χ0n) is 59.9. The van der Waals surface area contributed by atoms with E-state index in [4.69, 9.17) is 4.74 Å². The highest BCUT2D eigenvalue weighted by Crippen LogP contribution is 2.70. The van der Waals surface area contributed by atoms with Crippen LogP contribution in [0.1, 0.15) is 166 Å². The summed E-state index contributed by atoms with van der Waals surface area (Å²) in [5.41, 5.74) is 16.0. The predicted molar refractivity (Wildman–Crippen MR) is 438 cm³/mol. The molecule has 5 heterocycles. The zero-order chi connectivity index (χ0) is 74.3. The van der Waals surface area contributed by atoms with Gasteiger partial charge in [0.25, 0.3) is 0 Å². The van der Waals surface area contributed by atoms with Gasteiger partial charge in [-0.15, -0.1) is 45.3 Å². The summed E-state index contributed by atoms with van der Waals surface area (Å²) >= 11 is 12.9. The molecule has 0 unspecified atom stereocenters. The van der Waals surface area contributed by atoms with Gasteiger partial charge in [0.05, 0.1) is 39.0 Å². The number of benzene rings is 10. The van der Waals surface area contributed by atoms with Crippen molar-refractivity contribution in [2.45, 2.75) is 89.9 Å². The Morgan fingerprint density at radius 1 is 0.299 bits per heavy atom. The van der Waals surface area contributed by atoms with Gasteiger partial charge in [-0.05, 0) is 191 Å². The van der Waals surface area contributed by atoms with E-state index < -0.39 is 33.3 Å². The van der Waals surface area contributed by atoms with Crippen molar-refractivity contribution in [1.82, 2.24) is 0 Å². The minimum Gasteiger partial charge on any atom is -0.381 e. The van der Waals surface area contributed by atoms with E-state index >= 15 is 17.6 Å². The fourth-order valence-corrected chi connectivity index (χ4v) is 23.3. The summed E-state index contributed by atoms with van der Waals surface area (Å²) < 4.78 is 81.3. The number of carbonyl (C=O) groups is 2. The molecule has 5 aliphatic rings. The van der Waals surface area contributed by atoms with Crippen LogP contribution in [0.4, 0.5) is 17.6 Å². The summed E-state index contributed by atoms with van der Waals surface area (Å²) in [6.45, 7) is 18.2. The lowest BCUT2D eigenvalue weighted by atomic mass is 9.65. The lowest BCUT2D eigenvalue weighted by molar-refractivity contribution is 0.111. The maximum absolute atomic E-state index is 18.7. The van der Waals surface area contributed by atoms with Crippen LogP contribution in [-0.2, 0) is 26.4 Å². The van der Waals surface area contributed by atoms with E-state index in [0.717, 1.165) is 143 Å². The van der Waals surface area contributed by atoms with Crippen LogP contribution in [0.5, 0.6) is 0 Å². The van der Waals surface area contributed by atoms with Gasteiger partial charge in [-0.2, -0.15) is 0 Å². The second kappa shape index (κ2) is 27.0. The summed E-state index contributed by atoms with van der Waals surface area (Å²) in [5, 5.41) is 0.